The minimum Gasteiger partial charge on any atom is -0.508 e. The third kappa shape index (κ3) is 5.82. The van der Waals surface area contributed by atoms with E-state index in [1.807, 2.05) is 41.9 Å². The van der Waals surface area contributed by atoms with Crippen LogP contribution in [0.5, 0.6) is 5.75 Å². The zero-order valence-corrected chi connectivity index (χ0v) is 24.4. The predicted octanol–water partition coefficient (Wildman–Crippen LogP) is 6.84. The Morgan fingerprint density at radius 1 is 0.955 bits per heavy atom. The highest BCUT2D eigenvalue weighted by Crippen LogP contribution is 2.34. The summed E-state index contributed by atoms with van der Waals surface area (Å²) in [7, 11) is 0. The average molecular weight is 585 g/mol. The van der Waals surface area contributed by atoms with Crippen molar-refractivity contribution in [3.8, 4) is 28.1 Å². The van der Waals surface area contributed by atoms with E-state index in [0.29, 0.717) is 5.69 Å². The van der Waals surface area contributed by atoms with Crippen molar-refractivity contribution in [3.05, 3.63) is 108 Å². The van der Waals surface area contributed by atoms with Gasteiger partial charge in [-0.25, -0.2) is 14.8 Å². The maximum absolute atomic E-state index is 12.3. The Morgan fingerprint density at radius 2 is 1.70 bits per heavy atom. The van der Waals surface area contributed by atoms with Crippen LogP contribution in [0.15, 0.2) is 97.2 Å². The van der Waals surface area contributed by atoms with E-state index in [-0.39, 0.29) is 11.9 Å². The monoisotopic (exact) mass is 584 g/mol. The van der Waals surface area contributed by atoms with Crippen molar-refractivity contribution in [3.63, 3.8) is 0 Å². The average Bonchev–Trinajstić information content (AvgIpc) is 3.44. The molecule has 1 saturated heterocycles. The van der Waals surface area contributed by atoms with Crippen LogP contribution >= 0.6 is 0 Å². The fourth-order valence-corrected chi connectivity index (χ4v) is 5.77. The summed E-state index contributed by atoms with van der Waals surface area (Å²) in [4.78, 5) is 24.5. The van der Waals surface area contributed by atoms with Gasteiger partial charge in [0.1, 0.15) is 11.9 Å². The molecule has 3 aromatic carbocycles. The van der Waals surface area contributed by atoms with Crippen molar-refractivity contribution in [1.29, 1.82) is 0 Å². The van der Waals surface area contributed by atoms with Gasteiger partial charge in [0, 0.05) is 54.1 Å². The summed E-state index contributed by atoms with van der Waals surface area (Å²) in [5.41, 5.74) is 8.35. The van der Waals surface area contributed by atoms with E-state index in [1.165, 1.54) is 17.7 Å². The molecular formula is C35H32N6O3. The van der Waals surface area contributed by atoms with E-state index in [2.05, 4.69) is 62.8 Å². The first-order valence-corrected chi connectivity index (χ1v) is 14.8. The lowest BCUT2D eigenvalue weighted by atomic mass is 9.97. The van der Waals surface area contributed by atoms with Gasteiger partial charge in [0.15, 0.2) is 11.3 Å². The first-order valence-electron chi connectivity index (χ1n) is 14.8. The van der Waals surface area contributed by atoms with Crippen molar-refractivity contribution >= 4 is 28.5 Å². The van der Waals surface area contributed by atoms with Gasteiger partial charge in [-0.05, 0) is 61.2 Å². The fourth-order valence-electron chi connectivity index (χ4n) is 5.77. The number of aromatic nitrogens is 4. The largest absolute Gasteiger partial charge is 0.508 e. The van der Waals surface area contributed by atoms with Gasteiger partial charge in [0.25, 0.3) is 0 Å². The number of likely N-dealkylation sites (tertiary alicyclic amines) is 1. The van der Waals surface area contributed by atoms with Gasteiger partial charge in [-0.3, -0.25) is 10.2 Å². The molecule has 1 amide bonds. The van der Waals surface area contributed by atoms with Crippen LogP contribution in [0.25, 0.3) is 39.1 Å². The van der Waals surface area contributed by atoms with Crippen LogP contribution in [0.2, 0.25) is 0 Å². The summed E-state index contributed by atoms with van der Waals surface area (Å²) < 4.78 is 7.46. The van der Waals surface area contributed by atoms with Crippen molar-refractivity contribution in [2.24, 2.45) is 0 Å². The molecule has 0 spiro atoms. The van der Waals surface area contributed by atoms with Crippen LogP contribution in [0, 0.1) is 6.92 Å². The van der Waals surface area contributed by atoms with Gasteiger partial charge in [0.05, 0.1) is 11.4 Å². The number of carbonyl (C=O) groups is 1. The topological polar surface area (TPSA) is 105 Å². The Kier molecular flexibility index (Phi) is 7.37. The Bertz CT molecular complexity index is 1930. The molecule has 1 aliphatic heterocycles. The van der Waals surface area contributed by atoms with E-state index >= 15 is 0 Å². The molecule has 9 nitrogen and oxygen atoms in total. The number of nitrogens with zero attached hydrogens (tertiary/aromatic N) is 5. The lowest BCUT2D eigenvalue weighted by Gasteiger charge is -2.31. The third-order valence-corrected chi connectivity index (χ3v) is 8.02. The maximum atomic E-state index is 12.3. The minimum absolute atomic E-state index is 0.124. The Labute approximate surface area is 254 Å². The third-order valence-electron chi connectivity index (χ3n) is 8.02. The number of nitrogens with one attached hydrogen (secondary N) is 1. The zero-order valence-electron chi connectivity index (χ0n) is 24.4. The first-order chi connectivity index (χ1) is 21.5. The van der Waals surface area contributed by atoms with Crippen LogP contribution in [0.3, 0.4) is 0 Å². The number of benzene rings is 3. The highest BCUT2D eigenvalue weighted by Gasteiger charge is 2.23. The van der Waals surface area contributed by atoms with Gasteiger partial charge < -0.3 is 9.84 Å². The van der Waals surface area contributed by atoms with Gasteiger partial charge in [0.2, 0.25) is 0 Å². The molecule has 7 rings (SSSR count). The smallest absolute Gasteiger partial charge is 0.411 e. The van der Waals surface area contributed by atoms with Gasteiger partial charge in [-0.2, -0.15) is 9.61 Å². The number of piperidine rings is 1. The number of carbonyl (C=O) groups excluding carboxylic acids is 1. The van der Waals surface area contributed by atoms with Gasteiger partial charge >= 0.3 is 6.09 Å². The number of anilines is 1. The molecule has 220 valence electrons. The fraction of sp³-hybridized carbons (Fsp3) is 0.200. The lowest BCUT2D eigenvalue weighted by molar-refractivity contribution is 0.0567. The zero-order chi connectivity index (χ0) is 30.0. The lowest BCUT2D eigenvalue weighted by Crippen LogP contribution is -2.38. The first kappa shape index (κ1) is 27.5. The van der Waals surface area contributed by atoms with E-state index < -0.39 is 6.09 Å². The molecule has 0 unspecified atom stereocenters. The molecule has 2 N–H and O–H groups in total. The number of ether oxygens (including phenoxy) is 1. The molecule has 6 aromatic rings. The van der Waals surface area contributed by atoms with E-state index in [1.54, 1.807) is 12.1 Å². The highest BCUT2D eigenvalue weighted by atomic mass is 16.6. The summed E-state index contributed by atoms with van der Waals surface area (Å²) in [6.45, 7) is 4.47. The van der Waals surface area contributed by atoms with Crippen molar-refractivity contribution in [1.82, 2.24) is 24.5 Å². The number of fused-ring (bicyclic) bond motifs is 3. The van der Waals surface area contributed by atoms with Crippen molar-refractivity contribution < 1.29 is 14.6 Å². The molecule has 9 heteroatoms. The summed E-state index contributed by atoms with van der Waals surface area (Å²) in [6.07, 6.45) is 2.83. The van der Waals surface area contributed by atoms with Gasteiger partial charge in [-0.15, -0.1) is 0 Å². The van der Waals surface area contributed by atoms with Crippen molar-refractivity contribution in [2.45, 2.75) is 32.4 Å². The second-order valence-electron chi connectivity index (χ2n) is 11.2. The molecule has 44 heavy (non-hydrogen) atoms. The van der Waals surface area contributed by atoms with E-state index in [0.717, 1.165) is 77.2 Å². The predicted molar refractivity (Wildman–Crippen MR) is 170 cm³/mol. The molecule has 0 radical (unpaired) electrons. The Balaban J connectivity index is 1.05. The van der Waals surface area contributed by atoms with Gasteiger partial charge in [-0.1, -0.05) is 54.6 Å². The standard InChI is InChI=1S/C35H32N6O3/c1-23-19-32-36-21-27-20-31(25-5-3-2-4-6-25)33(38-34(27)41(32)39-23)26-9-7-24(8-10-26)22-40-17-15-30(16-18-40)44-35(43)37-28-11-13-29(42)14-12-28/h2-14,19-21,30,42H,15-18,22H2,1H3,(H,37,43). The van der Waals surface area contributed by atoms with Crippen LogP contribution in [-0.2, 0) is 11.3 Å². The molecule has 0 bridgehead atoms. The number of rotatable bonds is 6. The number of phenols is 1. The number of amides is 1. The molecule has 1 fully saturated rings. The number of hydrogen-bond donors (Lipinski definition) is 2. The van der Waals surface area contributed by atoms with Crippen LogP contribution < -0.4 is 5.32 Å². The maximum Gasteiger partial charge on any atom is 0.411 e. The number of pyridine rings is 1. The molecule has 0 saturated carbocycles. The molecule has 4 heterocycles. The van der Waals surface area contributed by atoms with Crippen LogP contribution in [-0.4, -0.2) is 54.9 Å². The molecule has 1 aliphatic rings. The normalized spacial score (nSPS) is 14.2. The summed E-state index contributed by atoms with van der Waals surface area (Å²) in [5, 5.41) is 17.7. The Morgan fingerprint density at radius 3 is 2.45 bits per heavy atom. The molecule has 3 aromatic heterocycles. The minimum atomic E-state index is -0.471. The highest BCUT2D eigenvalue weighted by molar-refractivity contribution is 5.90. The molecule has 0 atom stereocenters. The molecule has 0 aliphatic carbocycles. The number of aromatic hydroxyl groups is 1. The summed E-state index contributed by atoms with van der Waals surface area (Å²) in [6, 6.07) is 29.4. The number of phenolic OH excluding ortho intramolecular Hbond substituents is 1. The summed E-state index contributed by atoms with van der Waals surface area (Å²) in [5.74, 6) is 0.150. The number of hydrogen-bond acceptors (Lipinski definition) is 7. The van der Waals surface area contributed by atoms with E-state index in [9.17, 15) is 9.90 Å². The van der Waals surface area contributed by atoms with Crippen molar-refractivity contribution in [2.75, 3.05) is 18.4 Å². The second-order valence-corrected chi connectivity index (χ2v) is 11.2. The summed E-state index contributed by atoms with van der Waals surface area (Å²) >= 11 is 0. The van der Waals surface area contributed by atoms with E-state index in [4.69, 9.17) is 9.72 Å². The Hall–Kier alpha value is -5.28. The molecular weight excluding hydrogens is 552 g/mol. The quantitative estimate of drug-likeness (QED) is 0.207. The number of aryl methyl sites for hydroxylation is 1. The van der Waals surface area contributed by atoms with Crippen LogP contribution in [0.1, 0.15) is 24.1 Å². The van der Waals surface area contributed by atoms with Crippen LogP contribution in [0.4, 0.5) is 10.5 Å². The SMILES string of the molecule is Cc1cc2ncc3cc(-c4ccccc4)c(-c4ccc(CN5CCC(OC(=O)Nc6ccc(O)cc6)CC5)cc4)nc3n2n1. The second kappa shape index (κ2) is 11.8.